The van der Waals surface area contributed by atoms with Crippen LogP contribution in [0.1, 0.15) is 18.3 Å². The first kappa shape index (κ1) is 17.3. The fourth-order valence-electron chi connectivity index (χ4n) is 2.42. The summed E-state index contributed by atoms with van der Waals surface area (Å²) in [6.45, 7) is 2.92. The fourth-order valence-corrected chi connectivity index (χ4v) is 3.35. The molecule has 122 valence electrons. The van der Waals surface area contributed by atoms with E-state index in [1.165, 1.54) is 0 Å². The number of aryl methyl sites for hydroxylation is 1. The first-order valence-corrected chi connectivity index (χ1v) is 9.08. The van der Waals surface area contributed by atoms with Crippen LogP contribution in [0.5, 0.6) is 0 Å². The van der Waals surface area contributed by atoms with E-state index in [1.807, 2.05) is 42.6 Å². The van der Waals surface area contributed by atoms with E-state index in [4.69, 9.17) is 28.2 Å². The second kappa shape index (κ2) is 7.56. The van der Waals surface area contributed by atoms with E-state index >= 15 is 0 Å². The minimum absolute atomic E-state index is 0.603. The summed E-state index contributed by atoms with van der Waals surface area (Å²) in [6.07, 6.45) is 6.07. The summed E-state index contributed by atoms with van der Waals surface area (Å²) in [4.78, 5) is 4.72. The number of imidazole rings is 1. The number of hydrogen-bond acceptors (Lipinski definition) is 1. The Balaban J connectivity index is 1.96. The summed E-state index contributed by atoms with van der Waals surface area (Å²) < 4.78 is 3.14. The highest BCUT2D eigenvalue weighted by atomic mass is 79.9. The molecular formula is C19H15BrCl2N2. The smallest absolute Gasteiger partial charge is 0.133 e. The molecule has 3 rings (SSSR count). The van der Waals surface area contributed by atoms with E-state index in [1.54, 1.807) is 6.07 Å². The molecule has 0 aliphatic rings. The summed E-state index contributed by atoms with van der Waals surface area (Å²) in [7, 11) is 0. The molecule has 0 saturated carbocycles. The lowest BCUT2D eigenvalue weighted by molar-refractivity contribution is 0.753. The number of aromatic nitrogens is 2. The Morgan fingerprint density at radius 2 is 1.96 bits per heavy atom. The van der Waals surface area contributed by atoms with Gasteiger partial charge in [0.25, 0.3) is 0 Å². The predicted molar refractivity (Wildman–Crippen MR) is 106 cm³/mol. The van der Waals surface area contributed by atoms with E-state index in [-0.39, 0.29) is 0 Å². The lowest BCUT2D eigenvalue weighted by Crippen LogP contribution is -1.94. The van der Waals surface area contributed by atoms with Crippen LogP contribution in [0.3, 0.4) is 0 Å². The maximum atomic E-state index is 6.30. The molecule has 24 heavy (non-hydrogen) atoms. The van der Waals surface area contributed by atoms with Gasteiger partial charge in [0.1, 0.15) is 5.82 Å². The van der Waals surface area contributed by atoms with Crippen LogP contribution in [0.15, 0.2) is 53.1 Å². The standard InChI is InChI=1S/C19H15BrCl2N2/c1-2-24-12-18(16-8-7-15(21)11-17(16)22)23-19(24)9-6-13-4-3-5-14(20)10-13/h3-12H,2H2,1H3. The van der Waals surface area contributed by atoms with Crippen LogP contribution in [0, 0.1) is 0 Å². The average Bonchev–Trinajstić information content (AvgIpc) is 2.96. The second-order valence-corrected chi connectivity index (χ2v) is 7.04. The summed E-state index contributed by atoms with van der Waals surface area (Å²) in [6, 6.07) is 13.6. The molecule has 0 aliphatic carbocycles. The van der Waals surface area contributed by atoms with Crippen LogP contribution < -0.4 is 0 Å². The van der Waals surface area contributed by atoms with Gasteiger partial charge in [0.2, 0.25) is 0 Å². The topological polar surface area (TPSA) is 17.8 Å². The van der Waals surface area contributed by atoms with Crippen molar-refractivity contribution >= 4 is 51.3 Å². The molecule has 0 radical (unpaired) electrons. The van der Waals surface area contributed by atoms with E-state index < -0.39 is 0 Å². The first-order valence-electron chi connectivity index (χ1n) is 7.53. The normalized spacial score (nSPS) is 11.3. The van der Waals surface area contributed by atoms with Gasteiger partial charge in [-0.15, -0.1) is 0 Å². The first-order chi connectivity index (χ1) is 11.6. The Kier molecular flexibility index (Phi) is 5.44. The van der Waals surface area contributed by atoms with Crippen LogP contribution in [-0.2, 0) is 6.54 Å². The Bertz CT molecular complexity index is 900. The van der Waals surface area contributed by atoms with E-state index in [0.29, 0.717) is 10.0 Å². The van der Waals surface area contributed by atoms with Crippen molar-refractivity contribution in [2.75, 3.05) is 0 Å². The van der Waals surface area contributed by atoms with Crippen molar-refractivity contribution in [1.82, 2.24) is 9.55 Å². The van der Waals surface area contributed by atoms with Gasteiger partial charge in [0, 0.05) is 27.8 Å². The summed E-state index contributed by atoms with van der Waals surface area (Å²) in [5, 5.41) is 1.22. The zero-order valence-corrected chi connectivity index (χ0v) is 16.1. The molecule has 3 aromatic rings. The monoisotopic (exact) mass is 420 g/mol. The van der Waals surface area contributed by atoms with Gasteiger partial charge in [-0.3, -0.25) is 0 Å². The minimum atomic E-state index is 0.603. The van der Waals surface area contributed by atoms with Crippen molar-refractivity contribution in [3.63, 3.8) is 0 Å². The van der Waals surface area contributed by atoms with Crippen molar-refractivity contribution in [1.29, 1.82) is 0 Å². The summed E-state index contributed by atoms with van der Waals surface area (Å²) >= 11 is 15.8. The molecule has 0 bridgehead atoms. The molecule has 1 aromatic heterocycles. The van der Waals surface area contributed by atoms with Crippen LogP contribution in [0.25, 0.3) is 23.4 Å². The molecular weight excluding hydrogens is 407 g/mol. The number of hydrogen-bond donors (Lipinski definition) is 0. The minimum Gasteiger partial charge on any atom is -0.331 e. The molecule has 2 aromatic carbocycles. The van der Waals surface area contributed by atoms with Gasteiger partial charge in [0.15, 0.2) is 0 Å². The molecule has 0 spiro atoms. The highest BCUT2D eigenvalue weighted by Crippen LogP contribution is 2.30. The van der Waals surface area contributed by atoms with Crippen LogP contribution in [0.4, 0.5) is 0 Å². The third-order valence-corrected chi connectivity index (χ3v) is 4.67. The van der Waals surface area contributed by atoms with Crippen molar-refractivity contribution in [3.8, 4) is 11.3 Å². The molecule has 0 saturated heterocycles. The number of nitrogens with zero attached hydrogens (tertiary/aromatic N) is 2. The molecule has 0 amide bonds. The molecule has 0 aliphatic heterocycles. The largest absolute Gasteiger partial charge is 0.331 e. The Labute approximate surface area is 159 Å². The fraction of sp³-hybridized carbons (Fsp3) is 0.105. The molecule has 1 heterocycles. The van der Waals surface area contributed by atoms with Crippen molar-refractivity contribution in [3.05, 3.63) is 74.6 Å². The summed E-state index contributed by atoms with van der Waals surface area (Å²) in [5.41, 5.74) is 2.83. The van der Waals surface area contributed by atoms with Gasteiger partial charge in [-0.1, -0.05) is 57.3 Å². The molecule has 0 fully saturated rings. The van der Waals surface area contributed by atoms with Crippen LogP contribution >= 0.6 is 39.1 Å². The van der Waals surface area contributed by atoms with Gasteiger partial charge in [0.05, 0.1) is 10.7 Å². The Morgan fingerprint density at radius 1 is 1.12 bits per heavy atom. The highest BCUT2D eigenvalue weighted by Gasteiger charge is 2.10. The maximum absolute atomic E-state index is 6.30. The third-order valence-electron chi connectivity index (χ3n) is 3.63. The lowest BCUT2D eigenvalue weighted by Gasteiger charge is -2.00. The van der Waals surface area contributed by atoms with Gasteiger partial charge in [-0.2, -0.15) is 0 Å². The van der Waals surface area contributed by atoms with Gasteiger partial charge < -0.3 is 4.57 Å². The quantitative estimate of drug-likeness (QED) is 0.452. The van der Waals surface area contributed by atoms with Gasteiger partial charge in [-0.25, -0.2) is 4.98 Å². The van der Waals surface area contributed by atoms with Gasteiger partial charge >= 0.3 is 0 Å². The SMILES string of the molecule is CCn1cc(-c2ccc(Cl)cc2Cl)nc1C=Cc1cccc(Br)c1. The van der Waals surface area contributed by atoms with Crippen molar-refractivity contribution < 1.29 is 0 Å². The molecule has 0 unspecified atom stereocenters. The molecule has 5 heteroatoms. The van der Waals surface area contributed by atoms with E-state index in [2.05, 4.69) is 39.6 Å². The molecule has 2 nitrogen and oxygen atoms in total. The van der Waals surface area contributed by atoms with Crippen molar-refractivity contribution in [2.24, 2.45) is 0 Å². The number of halogens is 3. The van der Waals surface area contributed by atoms with Gasteiger partial charge in [-0.05, 0) is 48.9 Å². The zero-order chi connectivity index (χ0) is 17.1. The van der Waals surface area contributed by atoms with Crippen molar-refractivity contribution in [2.45, 2.75) is 13.5 Å². The number of benzene rings is 2. The Morgan fingerprint density at radius 3 is 2.67 bits per heavy atom. The third kappa shape index (κ3) is 3.92. The molecule has 0 atom stereocenters. The second-order valence-electron chi connectivity index (χ2n) is 5.28. The van der Waals surface area contributed by atoms with E-state index in [0.717, 1.165) is 33.7 Å². The van der Waals surface area contributed by atoms with Crippen LogP contribution in [-0.4, -0.2) is 9.55 Å². The molecule has 0 N–H and O–H groups in total. The highest BCUT2D eigenvalue weighted by molar-refractivity contribution is 9.10. The van der Waals surface area contributed by atoms with Crippen LogP contribution in [0.2, 0.25) is 10.0 Å². The lowest BCUT2D eigenvalue weighted by atomic mass is 10.2. The number of rotatable bonds is 4. The zero-order valence-electron chi connectivity index (χ0n) is 13.0. The predicted octanol–water partition coefficient (Wildman–Crippen LogP) is 6.81. The maximum Gasteiger partial charge on any atom is 0.133 e. The average molecular weight is 422 g/mol. The van der Waals surface area contributed by atoms with E-state index in [9.17, 15) is 0 Å². The Hall–Kier alpha value is -1.55. The summed E-state index contributed by atoms with van der Waals surface area (Å²) in [5.74, 6) is 0.887.